The van der Waals surface area contributed by atoms with Gasteiger partial charge in [-0.1, -0.05) is 140 Å². The van der Waals surface area contributed by atoms with Crippen molar-refractivity contribution in [2.24, 2.45) is 0 Å². The maximum absolute atomic E-state index is 6.89. The molecule has 0 bridgehead atoms. The zero-order chi connectivity index (χ0) is 36.7. The summed E-state index contributed by atoms with van der Waals surface area (Å²) in [4.78, 5) is 2.30. The molecule has 4 heteroatoms. The van der Waals surface area contributed by atoms with Crippen molar-refractivity contribution in [3.63, 3.8) is 0 Å². The van der Waals surface area contributed by atoms with Crippen LogP contribution in [0.5, 0.6) is 0 Å². The Bertz CT molecular complexity index is 3320. The highest BCUT2D eigenvalue weighted by Gasteiger charge is 2.21. The molecule has 0 aliphatic carbocycles. The largest absolute Gasteiger partial charge is 0.455 e. The summed E-state index contributed by atoms with van der Waals surface area (Å²) in [5, 5.41) is 8.92. The molecule has 0 spiro atoms. The van der Waals surface area contributed by atoms with Gasteiger partial charge in [0.15, 0.2) is 5.58 Å². The van der Waals surface area contributed by atoms with Crippen molar-refractivity contribution in [3.05, 3.63) is 188 Å². The Kier molecular flexibility index (Phi) is 6.60. The number of hydrogen-bond acceptors (Lipinski definition) is 4. The van der Waals surface area contributed by atoms with Gasteiger partial charge >= 0.3 is 0 Å². The summed E-state index contributed by atoms with van der Waals surface area (Å²) in [6.07, 6.45) is 0. The number of para-hydroxylation sites is 5. The molecule has 262 valence electrons. The van der Waals surface area contributed by atoms with E-state index >= 15 is 0 Å². The second-order valence-electron chi connectivity index (χ2n) is 14.4. The molecule has 56 heavy (non-hydrogen) atoms. The Balaban J connectivity index is 1.03. The third-order valence-corrected chi connectivity index (χ3v) is 11.3. The lowest BCUT2D eigenvalue weighted by Gasteiger charge is -2.26. The normalized spacial score (nSPS) is 11.9. The Morgan fingerprint density at radius 2 is 0.750 bits per heavy atom. The maximum atomic E-state index is 6.89. The highest BCUT2D eigenvalue weighted by atomic mass is 16.3. The van der Waals surface area contributed by atoms with E-state index in [0.717, 1.165) is 116 Å². The lowest BCUT2D eigenvalue weighted by molar-refractivity contribution is 0.669. The minimum absolute atomic E-state index is 0.839. The fraction of sp³-hybridized carbons (Fsp3) is 0. The topological polar surface area (TPSA) is 42.7 Å². The van der Waals surface area contributed by atoms with Crippen LogP contribution in [-0.2, 0) is 0 Å². The van der Waals surface area contributed by atoms with E-state index < -0.39 is 0 Å². The fourth-order valence-electron chi connectivity index (χ4n) is 8.64. The van der Waals surface area contributed by atoms with Crippen LogP contribution in [-0.4, -0.2) is 0 Å². The number of nitrogens with zero attached hydrogens (tertiary/aromatic N) is 1. The van der Waals surface area contributed by atoms with Crippen LogP contribution in [0.25, 0.3) is 98.8 Å². The van der Waals surface area contributed by atoms with Crippen LogP contribution in [0.1, 0.15) is 0 Å². The third-order valence-electron chi connectivity index (χ3n) is 11.3. The molecule has 12 aromatic rings. The van der Waals surface area contributed by atoms with Crippen LogP contribution in [0.15, 0.2) is 201 Å². The van der Waals surface area contributed by atoms with Gasteiger partial charge in [-0.05, 0) is 65.0 Å². The SMILES string of the molecule is c1ccc2c(c1)ccc1c3cccc(N(c4ccc(-c5cccc6c5oc5ccccc56)cc4)c4ccc(-c5cccc6c5oc5ccccc56)cc4)c3oc21. The first-order valence-corrected chi connectivity index (χ1v) is 18.9. The predicted molar refractivity (Wildman–Crippen MR) is 231 cm³/mol. The Hall–Kier alpha value is -7.56. The van der Waals surface area contributed by atoms with E-state index in [2.05, 4.69) is 169 Å². The number of furan rings is 3. The van der Waals surface area contributed by atoms with Crippen LogP contribution < -0.4 is 4.90 Å². The molecule has 0 amide bonds. The molecule has 0 saturated carbocycles. The fourth-order valence-corrected chi connectivity index (χ4v) is 8.64. The zero-order valence-corrected chi connectivity index (χ0v) is 30.1. The first-order chi connectivity index (χ1) is 27.8. The minimum Gasteiger partial charge on any atom is -0.455 e. The molecule has 0 atom stereocenters. The van der Waals surface area contributed by atoms with Crippen molar-refractivity contribution in [2.75, 3.05) is 4.90 Å². The van der Waals surface area contributed by atoms with Crippen molar-refractivity contribution in [1.29, 1.82) is 0 Å². The van der Waals surface area contributed by atoms with E-state index in [4.69, 9.17) is 13.3 Å². The molecule has 0 aliphatic heterocycles. The summed E-state index contributed by atoms with van der Waals surface area (Å²) >= 11 is 0. The molecule has 12 rings (SSSR count). The average molecular weight is 718 g/mol. The predicted octanol–water partition coefficient (Wildman–Crippen LogP) is 15.3. The van der Waals surface area contributed by atoms with Gasteiger partial charge in [-0.25, -0.2) is 0 Å². The van der Waals surface area contributed by atoms with Gasteiger partial charge in [-0.3, -0.25) is 0 Å². The average Bonchev–Trinajstić information content (AvgIpc) is 3.96. The van der Waals surface area contributed by atoms with Crippen LogP contribution in [0.2, 0.25) is 0 Å². The second kappa shape index (κ2) is 12.0. The van der Waals surface area contributed by atoms with Crippen molar-refractivity contribution in [2.45, 2.75) is 0 Å². The van der Waals surface area contributed by atoms with E-state index in [1.807, 2.05) is 24.3 Å². The Labute approximate surface area is 321 Å². The molecule has 0 fully saturated rings. The minimum atomic E-state index is 0.839. The highest BCUT2D eigenvalue weighted by molar-refractivity contribution is 6.18. The molecule has 0 radical (unpaired) electrons. The standard InChI is InChI=1S/C52H31NO3/c1-2-11-37-32(10-1)26-31-45-44-18-9-19-46(52(44)56-51(37)45)53(35-27-22-33(23-28-35)38-14-7-16-42-40-12-3-5-20-47(40)54-49(38)42)36-29-24-34(25-30-36)39-15-8-17-43-41-13-4-6-21-48(41)55-50(39)43/h1-31H. The molecule has 0 unspecified atom stereocenters. The van der Waals surface area contributed by atoms with Gasteiger partial charge in [-0.15, -0.1) is 0 Å². The van der Waals surface area contributed by atoms with Gasteiger partial charge < -0.3 is 18.2 Å². The van der Waals surface area contributed by atoms with E-state index in [9.17, 15) is 0 Å². The molecule has 9 aromatic carbocycles. The van der Waals surface area contributed by atoms with E-state index in [0.29, 0.717) is 0 Å². The van der Waals surface area contributed by atoms with Crippen LogP contribution in [0.3, 0.4) is 0 Å². The van der Waals surface area contributed by atoms with Crippen molar-refractivity contribution >= 4 is 93.7 Å². The number of fused-ring (bicyclic) bond motifs is 11. The summed E-state index contributed by atoms with van der Waals surface area (Å²) in [7, 11) is 0. The van der Waals surface area contributed by atoms with Gasteiger partial charge in [0.1, 0.15) is 27.9 Å². The van der Waals surface area contributed by atoms with Crippen molar-refractivity contribution in [1.82, 2.24) is 0 Å². The lowest BCUT2D eigenvalue weighted by atomic mass is 10.0. The van der Waals surface area contributed by atoms with E-state index in [-0.39, 0.29) is 0 Å². The number of benzene rings is 9. The molecule has 4 nitrogen and oxygen atoms in total. The van der Waals surface area contributed by atoms with E-state index in [1.54, 1.807) is 0 Å². The molecular weight excluding hydrogens is 687 g/mol. The number of rotatable bonds is 5. The molecule has 0 saturated heterocycles. The summed E-state index contributed by atoms with van der Waals surface area (Å²) in [5.74, 6) is 0. The summed E-state index contributed by atoms with van der Waals surface area (Å²) in [6, 6.07) is 66.0. The summed E-state index contributed by atoms with van der Waals surface area (Å²) in [5.41, 5.74) is 12.6. The number of hydrogen-bond donors (Lipinski definition) is 0. The molecule has 0 N–H and O–H groups in total. The monoisotopic (exact) mass is 717 g/mol. The van der Waals surface area contributed by atoms with Gasteiger partial charge in [-0.2, -0.15) is 0 Å². The Morgan fingerprint density at radius 3 is 1.34 bits per heavy atom. The van der Waals surface area contributed by atoms with Gasteiger partial charge in [0.25, 0.3) is 0 Å². The van der Waals surface area contributed by atoms with Crippen LogP contribution in [0.4, 0.5) is 17.1 Å². The molecule has 0 aliphatic rings. The first kappa shape index (κ1) is 30.9. The van der Waals surface area contributed by atoms with Crippen molar-refractivity contribution < 1.29 is 13.3 Å². The lowest BCUT2D eigenvalue weighted by Crippen LogP contribution is -2.10. The van der Waals surface area contributed by atoms with Crippen molar-refractivity contribution in [3.8, 4) is 22.3 Å². The molecule has 3 aromatic heterocycles. The van der Waals surface area contributed by atoms with Gasteiger partial charge in [0, 0.05) is 60.2 Å². The molecule has 3 heterocycles. The third kappa shape index (κ3) is 4.60. The summed E-state index contributed by atoms with van der Waals surface area (Å²) in [6.45, 7) is 0. The van der Waals surface area contributed by atoms with Gasteiger partial charge in [0.05, 0.1) is 5.69 Å². The quantitative estimate of drug-likeness (QED) is 0.178. The van der Waals surface area contributed by atoms with Gasteiger partial charge in [0.2, 0.25) is 0 Å². The summed E-state index contributed by atoms with van der Waals surface area (Å²) < 4.78 is 19.7. The number of anilines is 3. The maximum Gasteiger partial charge on any atom is 0.159 e. The smallest absolute Gasteiger partial charge is 0.159 e. The molecular formula is C52H31NO3. The highest BCUT2D eigenvalue weighted by Crippen LogP contribution is 2.45. The van der Waals surface area contributed by atoms with Crippen LogP contribution >= 0.6 is 0 Å². The van der Waals surface area contributed by atoms with E-state index in [1.165, 1.54) is 0 Å². The zero-order valence-electron chi connectivity index (χ0n) is 30.1. The first-order valence-electron chi connectivity index (χ1n) is 18.9. The second-order valence-corrected chi connectivity index (χ2v) is 14.4. The Morgan fingerprint density at radius 1 is 0.286 bits per heavy atom. The van der Waals surface area contributed by atoms with Crippen LogP contribution in [0, 0.1) is 0 Å².